The first-order valence-corrected chi connectivity index (χ1v) is 15.0. The van der Waals surface area contributed by atoms with Crippen molar-refractivity contribution in [3.8, 4) is 22.5 Å². The van der Waals surface area contributed by atoms with Crippen LogP contribution < -0.4 is 0 Å². The fourth-order valence-electron chi connectivity index (χ4n) is 6.62. The van der Waals surface area contributed by atoms with Crippen molar-refractivity contribution in [1.82, 2.24) is 9.97 Å². The molecule has 0 radical (unpaired) electrons. The number of hydrogen-bond donors (Lipinski definition) is 0. The molecule has 2 heterocycles. The quantitative estimate of drug-likeness (QED) is 0.180. The second-order valence-electron chi connectivity index (χ2n) is 11.5. The van der Waals surface area contributed by atoms with Gasteiger partial charge in [-0.25, -0.2) is 0 Å². The molecule has 2 aromatic heterocycles. The summed E-state index contributed by atoms with van der Waals surface area (Å²) in [6.45, 7) is 0. The van der Waals surface area contributed by atoms with E-state index in [9.17, 15) is 26.3 Å². The van der Waals surface area contributed by atoms with Gasteiger partial charge in [-0.15, -0.1) is 0 Å². The van der Waals surface area contributed by atoms with Crippen molar-refractivity contribution >= 4 is 0 Å². The van der Waals surface area contributed by atoms with Gasteiger partial charge in [0.1, 0.15) is 5.41 Å². The summed E-state index contributed by atoms with van der Waals surface area (Å²) >= 11 is 0. The normalized spacial score (nSPS) is 14.2. The molecular formula is C39H26F6N2. The van der Waals surface area contributed by atoms with Crippen molar-refractivity contribution in [2.24, 2.45) is 0 Å². The average Bonchev–Trinajstić information content (AvgIpc) is 3.23. The van der Waals surface area contributed by atoms with Crippen LogP contribution >= 0.6 is 0 Å². The van der Waals surface area contributed by atoms with E-state index in [2.05, 4.69) is 0 Å². The molecule has 7 rings (SSSR count). The number of alkyl halides is 6. The molecule has 1 aliphatic carbocycles. The van der Waals surface area contributed by atoms with Gasteiger partial charge in [0, 0.05) is 11.1 Å². The van der Waals surface area contributed by atoms with Crippen molar-refractivity contribution in [3.63, 3.8) is 0 Å². The lowest BCUT2D eigenvalue weighted by atomic mass is 9.67. The second kappa shape index (κ2) is 11.5. The minimum Gasteiger partial charge on any atom is -0.251 e. The van der Waals surface area contributed by atoms with E-state index in [1.54, 1.807) is 36.4 Å². The zero-order chi connectivity index (χ0) is 32.8. The summed E-state index contributed by atoms with van der Waals surface area (Å²) in [5.74, 6) is 0. The van der Waals surface area contributed by atoms with Crippen LogP contribution in [0, 0.1) is 0 Å². The zero-order valence-corrected chi connectivity index (χ0v) is 24.8. The van der Waals surface area contributed by atoms with Crippen molar-refractivity contribution < 1.29 is 26.3 Å². The average molecular weight is 637 g/mol. The van der Waals surface area contributed by atoms with Crippen LogP contribution in [-0.4, -0.2) is 9.97 Å². The first-order valence-electron chi connectivity index (χ1n) is 15.0. The Hall–Kier alpha value is -5.24. The van der Waals surface area contributed by atoms with Crippen molar-refractivity contribution in [3.05, 3.63) is 178 Å². The van der Waals surface area contributed by atoms with Crippen LogP contribution in [0.25, 0.3) is 22.5 Å². The molecule has 1 aliphatic rings. The molecule has 47 heavy (non-hydrogen) atoms. The number of pyridine rings is 2. The monoisotopic (exact) mass is 636 g/mol. The van der Waals surface area contributed by atoms with Crippen LogP contribution in [0.4, 0.5) is 26.3 Å². The predicted octanol–water partition coefficient (Wildman–Crippen LogP) is 10.3. The van der Waals surface area contributed by atoms with Crippen LogP contribution in [0.15, 0.2) is 133 Å². The molecule has 0 amide bonds. The SMILES string of the molecule is FC(F)(F)c1cccc(-c2cccc(C3(c4cccc(-c5cccc(C(F)(F)F)c5)n4)c4ccccc4CCc4ccccc43)n2)c1. The van der Waals surface area contributed by atoms with E-state index < -0.39 is 28.9 Å². The molecule has 2 nitrogen and oxygen atoms in total. The van der Waals surface area contributed by atoms with Gasteiger partial charge in [0.2, 0.25) is 0 Å². The lowest BCUT2D eigenvalue weighted by Crippen LogP contribution is -2.34. The minimum absolute atomic E-state index is 0.303. The van der Waals surface area contributed by atoms with E-state index in [1.165, 1.54) is 12.1 Å². The number of aromatic nitrogens is 2. The molecule has 6 aromatic rings. The minimum atomic E-state index is -4.53. The van der Waals surface area contributed by atoms with Crippen molar-refractivity contribution in [1.29, 1.82) is 0 Å². The fourth-order valence-corrected chi connectivity index (χ4v) is 6.62. The summed E-state index contributed by atoms with van der Waals surface area (Å²) in [5, 5.41) is 0. The van der Waals surface area contributed by atoms with E-state index in [-0.39, 0.29) is 0 Å². The van der Waals surface area contributed by atoms with Crippen LogP contribution in [0.1, 0.15) is 44.8 Å². The summed E-state index contributed by atoms with van der Waals surface area (Å²) in [5.41, 5.74) is 3.53. The number of fused-ring (bicyclic) bond motifs is 2. The summed E-state index contributed by atoms with van der Waals surface area (Å²) < 4.78 is 82.1. The molecule has 4 aromatic carbocycles. The van der Waals surface area contributed by atoms with Crippen LogP contribution in [0.2, 0.25) is 0 Å². The Balaban J connectivity index is 1.53. The number of nitrogens with zero attached hydrogens (tertiary/aromatic N) is 2. The fraction of sp³-hybridized carbons (Fsp3) is 0.128. The van der Waals surface area contributed by atoms with Crippen LogP contribution in [0.5, 0.6) is 0 Å². The lowest BCUT2D eigenvalue weighted by Gasteiger charge is -2.36. The van der Waals surface area contributed by atoms with Gasteiger partial charge < -0.3 is 0 Å². The Morgan fingerprint density at radius 3 is 1.28 bits per heavy atom. The van der Waals surface area contributed by atoms with Gasteiger partial charge in [-0.05, 0) is 83.6 Å². The number of halogens is 6. The zero-order valence-electron chi connectivity index (χ0n) is 24.8. The Bertz CT molecular complexity index is 1950. The Morgan fingerprint density at radius 1 is 0.447 bits per heavy atom. The molecule has 0 aliphatic heterocycles. The third kappa shape index (κ3) is 5.47. The summed E-state index contributed by atoms with van der Waals surface area (Å²) in [6, 6.07) is 36.6. The Kier molecular flexibility index (Phi) is 7.46. The van der Waals surface area contributed by atoms with E-state index >= 15 is 0 Å². The summed E-state index contributed by atoms with van der Waals surface area (Å²) in [6.07, 6.45) is -7.62. The molecule has 0 N–H and O–H groups in total. The molecule has 0 fully saturated rings. The first-order chi connectivity index (χ1) is 22.5. The predicted molar refractivity (Wildman–Crippen MR) is 169 cm³/mol. The van der Waals surface area contributed by atoms with E-state index in [0.29, 0.717) is 33.9 Å². The molecule has 8 heteroatoms. The molecule has 0 bridgehead atoms. The topological polar surface area (TPSA) is 25.8 Å². The molecular weight excluding hydrogens is 610 g/mol. The maximum absolute atomic E-state index is 13.7. The lowest BCUT2D eigenvalue weighted by molar-refractivity contribution is -0.138. The van der Waals surface area contributed by atoms with Crippen molar-refractivity contribution in [2.75, 3.05) is 0 Å². The highest BCUT2D eigenvalue weighted by molar-refractivity contribution is 5.67. The van der Waals surface area contributed by atoms with Gasteiger partial charge in [-0.2, -0.15) is 26.3 Å². The van der Waals surface area contributed by atoms with Gasteiger partial charge >= 0.3 is 12.4 Å². The van der Waals surface area contributed by atoms with E-state index in [1.807, 2.05) is 60.7 Å². The van der Waals surface area contributed by atoms with Gasteiger partial charge in [-0.3, -0.25) is 9.97 Å². The molecule has 234 valence electrons. The van der Waals surface area contributed by atoms with Gasteiger partial charge in [0.05, 0.1) is 33.9 Å². The van der Waals surface area contributed by atoms with E-state index in [0.717, 1.165) is 59.4 Å². The van der Waals surface area contributed by atoms with Gasteiger partial charge in [0.15, 0.2) is 0 Å². The molecule has 0 atom stereocenters. The van der Waals surface area contributed by atoms with E-state index in [4.69, 9.17) is 9.97 Å². The standard InChI is InChI=1S/C39H26F6N2/c40-38(41,42)29-13-5-11-27(23-29)33-17-7-19-35(46-33)37(31-15-3-1-9-25(31)21-22-26-10-2-4-16-32(26)37)36-20-8-18-34(47-36)28-12-6-14-30(24-28)39(43,44)45/h1-20,23-24H,21-22H2. The van der Waals surface area contributed by atoms with Gasteiger partial charge in [-0.1, -0.05) is 84.9 Å². The Labute approximate surface area is 267 Å². The van der Waals surface area contributed by atoms with Crippen LogP contribution in [0.3, 0.4) is 0 Å². The smallest absolute Gasteiger partial charge is 0.251 e. The highest BCUT2D eigenvalue weighted by Crippen LogP contribution is 2.49. The highest BCUT2D eigenvalue weighted by Gasteiger charge is 2.45. The number of aryl methyl sites for hydroxylation is 2. The largest absolute Gasteiger partial charge is 0.416 e. The van der Waals surface area contributed by atoms with Crippen LogP contribution in [-0.2, 0) is 30.6 Å². The second-order valence-corrected chi connectivity index (χ2v) is 11.5. The Morgan fingerprint density at radius 2 is 0.851 bits per heavy atom. The summed E-state index contributed by atoms with van der Waals surface area (Å²) in [7, 11) is 0. The van der Waals surface area contributed by atoms with Crippen molar-refractivity contribution in [2.45, 2.75) is 30.6 Å². The molecule has 0 saturated heterocycles. The summed E-state index contributed by atoms with van der Waals surface area (Å²) in [4.78, 5) is 10.1. The highest BCUT2D eigenvalue weighted by atomic mass is 19.4. The number of rotatable bonds is 4. The van der Waals surface area contributed by atoms with Gasteiger partial charge in [0.25, 0.3) is 0 Å². The first kappa shape index (κ1) is 30.4. The third-order valence-electron chi connectivity index (χ3n) is 8.74. The molecule has 0 spiro atoms. The number of hydrogen-bond acceptors (Lipinski definition) is 2. The number of benzene rings is 4. The third-order valence-corrected chi connectivity index (χ3v) is 8.74. The maximum atomic E-state index is 13.7. The molecule has 0 saturated carbocycles. The molecule has 0 unspecified atom stereocenters. The maximum Gasteiger partial charge on any atom is 0.416 e.